The minimum Gasteiger partial charge on any atom is -0.380 e. The first-order valence-electron chi connectivity index (χ1n) is 7.12. The highest BCUT2D eigenvalue weighted by Gasteiger charge is 2.29. The number of nitrogens with zero attached hydrogens (tertiary/aromatic N) is 1. The van der Waals surface area contributed by atoms with E-state index in [0.717, 1.165) is 13.2 Å². The monoisotopic (exact) mass is 242 g/mol. The molecule has 1 aliphatic heterocycles. The van der Waals surface area contributed by atoms with Gasteiger partial charge >= 0.3 is 0 Å². The fourth-order valence-corrected chi connectivity index (χ4v) is 2.65. The minimum atomic E-state index is 0.578. The summed E-state index contributed by atoms with van der Waals surface area (Å²) in [6, 6.07) is 1.83. The van der Waals surface area contributed by atoms with Gasteiger partial charge in [-0.1, -0.05) is 27.7 Å². The molecule has 1 rings (SSSR count). The second-order valence-corrected chi connectivity index (χ2v) is 5.77. The van der Waals surface area contributed by atoms with Crippen LogP contribution in [0.5, 0.6) is 0 Å². The Kier molecular flexibility index (Phi) is 6.45. The summed E-state index contributed by atoms with van der Waals surface area (Å²) in [5.74, 6) is 0.666. The van der Waals surface area contributed by atoms with E-state index in [1.807, 2.05) is 0 Å². The van der Waals surface area contributed by atoms with Crippen LogP contribution in [0.4, 0.5) is 0 Å². The van der Waals surface area contributed by atoms with Gasteiger partial charge in [-0.2, -0.15) is 0 Å². The smallest absolute Gasteiger partial charge is 0.0624 e. The first-order chi connectivity index (χ1) is 8.04. The van der Waals surface area contributed by atoms with Crippen molar-refractivity contribution >= 4 is 0 Å². The summed E-state index contributed by atoms with van der Waals surface area (Å²) >= 11 is 0. The molecule has 0 aromatic rings. The Labute approximate surface area is 107 Å². The van der Waals surface area contributed by atoms with Crippen LogP contribution in [0.1, 0.15) is 41.0 Å². The molecule has 1 fully saturated rings. The summed E-state index contributed by atoms with van der Waals surface area (Å²) in [6.07, 6.45) is 1.27. The summed E-state index contributed by atoms with van der Waals surface area (Å²) in [6.45, 7) is 15.2. The van der Waals surface area contributed by atoms with Crippen LogP contribution in [0, 0.1) is 5.92 Å². The zero-order chi connectivity index (χ0) is 12.8. The van der Waals surface area contributed by atoms with Crippen LogP contribution < -0.4 is 5.32 Å². The second kappa shape index (κ2) is 7.34. The van der Waals surface area contributed by atoms with Crippen molar-refractivity contribution in [2.24, 2.45) is 5.92 Å². The summed E-state index contributed by atoms with van der Waals surface area (Å²) in [7, 11) is 0. The lowest BCUT2D eigenvalue weighted by atomic mass is 10.0. The summed E-state index contributed by atoms with van der Waals surface area (Å²) in [5, 5.41) is 3.64. The maximum atomic E-state index is 5.62. The summed E-state index contributed by atoms with van der Waals surface area (Å²) < 4.78 is 5.62. The van der Waals surface area contributed by atoms with Crippen molar-refractivity contribution in [2.45, 2.75) is 59.2 Å². The summed E-state index contributed by atoms with van der Waals surface area (Å²) in [4.78, 5) is 2.60. The average Bonchev–Trinajstić information content (AvgIpc) is 2.65. The number of rotatable bonds is 7. The average molecular weight is 242 g/mol. The van der Waals surface area contributed by atoms with E-state index in [4.69, 9.17) is 4.74 Å². The molecule has 0 aromatic carbocycles. The molecule has 1 aliphatic rings. The molecule has 17 heavy (non-hydrogen) atoms. The third-order valence-electron chi connectivity index (χ3n) is 3.52. The lowest BCUT2D eigenvalue weighted by Crippen LogP contribution is -2.43. The Hall–Kier alpha value is -0.120. The van der Waals surface area contributed by atoms with E-state index in [1.54, 1.807) is 0 Å². The van der Waals surface area contributed by atoms with Gasteiger partial charge in [0.15, 0.2) is 0 Å². The molecule has 0 aromatic heterocycles. The Bertz CT molecular complexity index is 206. The predicted octanol–water partition coefficient (Wildman–Crippen LogP) is 2.12. The topological polar surface area (TPSA) is 24.5 Å². The highest BCUT2D eigenvalue weighted by atomic mass is 16.5. The van der Waals surface area contributed by atoms with E-state index in [0.29, 0.717) is 24.0 Å². The van der Waals surface area contributed by atoms with Crippen molar-refractivity contribution in [3.63, 3.8) is 0 Å². The van der Waals surface area contributed by atoms with Gasteiger partial charge in [-0.15, -0.1) is 0 Å². The third-order valence-corrected chi connectivity index (χ3v) is 3.52. The Morgan fingerprint density at radius 1 is 1.29 bits per heavy atom. The predicted molar refractivity (Wildman–Crippen MR) is 73.4 cm³/mol. The van der Waals surface area contributed by atoms with E-state index in [-0.39, 0.29) is 0 Å². The van der Waals surface area contributed by atoms with Crippen LogP contribution >= 0.6 is 0 Å². The van der Waals surface area contributed by atoms with Gasteiger partial charge in [-0.25, -0.2) is 0 Å². The third kappa shape index (κ3) is 4.94. The van der Waals surface area contributed by atoms with Crippen LogP contribution in [0.15, 0.2) is 0 Å². The highest BCUT2D eigenvalue weighted by molar-refractivity contribution is 4.87. The maximum absolute atomic E-state index is 5.62. The molecular weight excluding hydrogens is 212 g/mol. The molecule has 0 saturated carbocycles. The second-order valence-electron chi connectivity index (χ2n) is 5.77. The van der Waals surface area contributed by atoms with Gasteiger partial charge in [0.05, 0.1) is 6.61 Å². The van der Waals surface area contributed by atoms with Crippen molar-refractivity contribution in [1.82, 2.24) is 10.2 Å². The number of hydrogen-bond acceptors (Lipinski definition) is 3. The number of likely N-dealkylation sites (tertiary alicyclic amines) is 1. The van der Waals surface area contributed by atoms with Crippen LogP contribution in [0.3, 0.4) is 0 Å². The van der Waals surface area contributed by atoms with Crippen molar-refractivity contribution in [1.29, 1.82) is 0 Å². The molecule has 0 aliphatic carbocycles. The number of hydrogen-bond donors (Lipinski definition) is 1. The summed E-state index contributed by atoms with van der Waals surface area (Å²) in [5.41, 5.74) is 0. The highest BCUT2D eigenvalue weighted by Crippen LogP contribution is 2.18. The fraction of sp³-hybridized carbons (Fsp3) is 1.00. The van der Waals surface area contributed by atoms with E-state index in [2.05, 4.69) is 44.8 Å². The molecule has 3 heteroatoms. The molecule has 1 saturated heterocycles. The maximum Gasteiger partial charge on any atom is 0.0624 e. The molecule has 3 nitrogen and oxygen atoms in total. The van der Waals surface area contributed by atoms with Crippen molar-refractivity contribution in [3.8, 4) is 0 Å². The van der Waals surface area contributed by atoms with E-state index < -0.39 is 0 Å². The first kappa shape index (κ1) is 14.9. The SMILES string of the molecule is CCOCC(C(C)C)N1CCC(NC(C)C)C1. The van der Waals surface area contributed by atoms with Crippen LogP contribution in [-0.2, 0) is 4.74 Å². The van der Waals surface area contributed by atoms with Crippen molar-refractivity contribution in [2.75, 3.05) is 26.3 Å². The molecule has 1 heterocycles. The fourth-order valence-electron chi connectivity index (χ4n) is 2.65. The van der Waals surface area contributed by atoms with Gasteiger partial charge in [0.2, 0.25) is 0 Å². The molecule has 0 bridgehead atoms. The van der Waals surface area contributed by atoms with Crippen LogP contribution in [0.2, 0.25) is 0 Å². The molecule has 102 valence electrons. The van der Waals surface area contributed by atoms with Gasteiger partial charge < -0.3 is 10.1 Å². The van der Waals surface area contributed by atoms with Crippen molar-refractivity contribution in [3.05, 3.63) is 0 Å². The Morgan fingerprint density at radius 3 is 2.53 bits per heavy atom. The van der Waals surface area contributed by atoms with Gasteiger partial charge in [0.25, 0.3) is 0 Å². The standard InChI is InChI=1S/C14H30N2O/c1-6-17-10-14(11(2)3)16-8-7-13(9-16)15-12(4)5/h11-15H,6-10H2,1-5H3. The molecule has 0 radical (unpaired) electrons. The van der Waals surface area contributed by atoms with E-state index in [1.165, 1.54) is 19.5 Å². The molecule has 2 unspecified atom stereocenters. The van der Waals surface area contributed by atoms with Crippen molar-refractivity contribution < 1.29 is 4.74 Å². The van der Waals surface area contributed by atoms with E-state index in [9.17, 15) is 0 Å². The molecule has 1 N–H and O–H groups in total. The zero-order valence-electron chi connectivity index (χ0n) is 12.2. The first-order valence-corrected chi connectivity index (χ1v) is 7.12. The Morgan fingerprint density at radius 2 is 2.00 bits per heavy atom. The normalized spacial score (nSPS) is 23.8. The molecule has 0 amide bonds. The Balaban J connectivity index is 2.42. The van der Waals surface area contributed by atoms with Crippen LogP contribution in [-0.4, -0.2) is 49.3 Å². The molecule has 2 atom stereocenters. The lowest BCUT2D eigenvalue weighted by molar-refractivity contribution is 0.0546. The quantitative estimate of drug-likeness (QED) is 0.740. The minimum absolute atomic E-state index is 0.578. The number of ether oxygens (including phenoxy) is 1. The van der Waals surface area contributed by atoms with Gasteiger partial charge in [-0.3, -0.25) is 4.90 Å². The van der Waals surface area contributed by atoms with E-state index >= 15 is 0 Å². The van der Waals surface area contributed by atoms with Gasteiger partial charge in [0, 0.05) is 37.8 Å². The molecule has 0 spiro atoms. The largest absolute Gasteiger partial charge is 0.380 e. The van der Waals surface area contributed by atoms with Gasteiger partial charge in [-0.05, 0) is 19.3 Å². The number of nitrogens with one attached hydrogen (secondary N) is 1. The van der Waals surface area contributed by atoms with Crippen LogP contribution in [0.25, 0.3) is 0 Å². The van der Waals surface area contributed by atoms with Gasteiger partial charge in [0.1, 0.15) is 0 Å². The molecular formula is C14H30N2O. The zero-order valence-corrected chi connectivity index (χ0v) is 12.2. The lowest BCUT2D eigenvalue weighted by Gasteiger charge is -2.31.